The van der Waals surface area contributed by atoms with E-state index in [0.29, 0.717) is 5.01 Å². The smallest absolute Gasteiger partial charge is 0.319 e. The Morgan fingerprint density at radius 1 is 1.61 bits per heavy atom. The average Bonchev–Trinajstić information content (AvgIpc) is 3.01. The molecule has 0 aliphatic heterocycles. The molecule has 18 heavy (non-hydrogen) atoms. The van der Waals surface area contributed by atoms with Crippen molar-refractivity contribution in [3.8, 4) is 0 Å². The molecule has 98 valence electrons. The summed E-state index contributed by atoms with van der Waals surface area (Å²) in [6, 6.07) is 0.161. The van der Waals surface area contributed by atoms with E-state index < -0.39 is 17.3 Å². The number of aryl methyl sites for hydroxylation is 1. The monoisotopic (exact) mass is 268 g/mol. The Morgan fingerprint density at radius 3 is 2.72 bits per heavy atom. The molecule has 6 heteroatoms. The van der Waals surface area contributed by atoms with Crippen molar-refractivity contribution in [2.24, 2.45) is 5.41 Å². The molecule has 1 saturated carbocycles. The largest absolute Gasteiger partial charge is 0.480 e. The van der Waals surface area contributed by atoms with E-state index in [1.165, 1.54) is 18.3 Å². The minimum Gasteiger partial charge on any atom is -0.480 e. The van der Waals surface area contributed by atoms with Crippen LogP contribution in [0, 0.1) is 12.3 Å². The van der Waals surface area contributed by atoms with Gasteiger partial charge in [-0.2, -0.15) is 0 Å². The van der Waals surface area contributed by atoms with Gasteiger partial charge in [-0.1, -0.05) is 0 Å². The maximum absolute atomic E-state index is 12.1. The first-order valence-electron chi connectivity index (χ1n) is 5.87. The maximum Gasteiger partial charge on any atom is 0.319 e. The van der Waals surface area contributed by atoms with Crippen molar-refractivity contribution in [2.45, 2.75) is 39.2 Å². The van der Waals surface area contributed by atoms with E-state index in [1.807, 2.05) is 12.3 Å². The van der Waals surface area contributed by atoms with E-state index in [1.54, 1.807) is 0 Å². The predicted octanol–water partition coefficient (Wildman–Crippen LogP) is 1.36. The predicted molar refractivity (Wildman–Crippen MR) is 67.5 cm³/mol. The number of carboxylic acid groups (broad SMARTS) is 1. The highest BCUT2D eigenvalue weighted by atomic mass is 32.1. The topological polar surface area (TPSA) is 79.3 Å². The van der Waals surface area contributed by atoms with Crippen LogP contribution in [0.2, 0.25) is 0 Å². The van der Waals surface area contributed by atoms with Gasteiger partial charge in [0.15, 0.2) is 0 Å². The minimum absolute atomic E-state index is 0.138. The number of carboxylic acids is 1. The quantitative estimate of drug-likeness (QED) is 0.790. The van der Waals surface area contributed by atoms with E-state index >= 15 is 0 Å². The van der Waals surface area contributed by atoms with E-state index in [0.717, 1.165) is 18.5 Å². The number of amides is 1. The van der Waals surface area contributed by atoms with Crippen molar-refractivity contribution < 1.29 is 14.7 Å². The molecule has 2 rings (SSSR count). The van der Waals surface area contributed by atoms with Crippen LogP contribution in [0.4, 0.5) is 0 Å². The fraction of sp³-hybridized carbons (Fsp3) is 0.583. The summed E-state index contributed by atoms with van der Waals surface area (Å²) >= 11 is 1.39. The zero-order valence-corrected chi connectivity index (χ0v) is 11.2. The minimum atomic E-state index is -1.44. The van der Waals surface area contributed by atoms with Gasteiger partial charge in [0.2, 0.25) is 5.91 Å². The number of aromatic nitrogens is 1. The molecule has 0 radical (unpaired) electrons. The average molecular weight is 268 g/mol. The third-order valence-corrected chi connectivity index (χ3v) is 4.02. The first-order chi connectivity index (χ1) is 8.41. The molecule has 1 aliphatic carbocycles. The standard InChI is InChI=1S/C12H16N2O3S/c1-7-6-18-9(13-7)5-12(2,11(16)17)10(15)14-8-3-4-8/h6,8H,3-5H2,1-2H3,(H,14,15)(H,16,17). The molecular formula is C12H16N2O3S. The van der Waals surface area contributed by atoms with Gasteiger partial charge in [-0.15, -0.1) is 11.3 Å². The number of aliphatic carboxylic acids is 1. The summed E-state index contributed by atoms with van der Waals surface area (Å²) in [5.41, 5.74) is -0.585. The van der Waals surface area contributed by atoms with Crippen molar-refractivity contribution in [3.63, 3.8) is 0 Å². The Bertz CT molecular complexity index is 481. The third-order valence-electron chi connectivity index (χ3n) is 3.06. The lowest BCUT2D eigenvalue weighted by atomic mass is 9.86. The number of carbonyl (C=O) groups excluding carboxylic acids is 1. The summed E-state index contributed by atoms with van der Waals surface area (Å²) in [5.74, 6) is -1.51. The molecule has 5 nitrogen and oxygen atoms in total. The number of rotatable bonds is 5. The Balaban J connectivity index is 2.14. The Morgan fingerprint density at radius 2 is 2.28 bits per heavy atom. The zero-order chi connectivity index (χ0) is 13.3. The number of carbonyl (C=O) groups is 2. The second-order valence-corrected chi connectivity index (χ2v) is 5.89. The Kier molecular flexibility index (Phi) is 3.38. The fourth-order valence-corrected chi connectivity index (χ4v) is 2.54. The van der Waals surface area contributed by atoms with Gasteiger partial charge < -0.3 is 10.4 Å². The third kappa shape index (κ3) is 2.69. The summed E-state index contributed by atoms with van der Waals surface area (Å²) in [6.45, 7) is 3.31. The molecule has 1 aromatic heterocycles. The summed E-state index contributed by atoms with van der Waals surface area (Å²) < 4.78 is 0. The van der Waals surface area contributed by atoms with Crippen LogP contribution in [-0.4, -0.2) is 28.0 Å². The van der Waals surface area contributed by atoms with Crippen LogP contribution in [-0.2, 0) is 16.0 Å². The van der Waals surface area contributed by atoms with Gasteiger partial charge in [0.1, 0.15) is 5.41 Å². The summed E-state index contributed by atoms with van der Waals surface area (Å²) in [5, 5.41) is 14.6. The highest BCUT2D eigenvalue weighted by Gasteiger charge is 2.44. The second kappa shape index (κ2) is 4.68. The van der Waals surface area contributed by atoms with Gasteiger partial charge in [0, 0.05) is 23.5 Å². The molecule has 0 saturated heterocycles. The second-order valence-electron chi connectivity index (χ2n) is 4.94. The van der Waals surface area contributed by atoms with Crippen LogP contribution in [0.15, 0.2) is 5.38 Å². The van der Waals surface area contributed by atoms with Gasteiger partial charge >= 0.3 is 5.97 Å². The molecular weight excluding hydrogens is 252 g/mol. The van der Waals surface area contributed by atoms with Crippen LogP contribution in [0.3, 0.4) is 0 Å². The molecule has 1 heterocycles. The van der Waals surface area contributed by atoms with Crippen LogP contribution in [0.25, 0.3) is 0 Å². The highest BCUT2D eigenvalue weighted by Crippen LogP contribution is 2.28. The van der Waals surface area contributed by atoms with Crippen molar-refractivity contribution >= 4 is 23.2 Å². The normalized spacial score (nSPS) is 18.1. The highest BCUT2D eigenvalue weighted by molar-refractivity contribution is 7.09. The fourth-order valence-electron chi connectivity index (χ4n) is 1.61. The molecule has 1 aromatic rings. The molecule has 1 unspecified atom stereocenters. The molecule has 2 N–H and O–H groups in total. The first kappa shape index (κ1) is 13.0. The lowest BCUT2D eigenvalue weighted by Gasteiger charge is -2.22. The lowest BCUT2D eigenvalue weighted by molar-refractivity contribution is -0.154. The molecule has 0 spiro atoms. The summed E-state index contributed by atoms with van der Waals surface area (Å²) in [7, 11) is 0. The molecule has 1 amide bonds. The number of hydrogen-bond donors (Lipinski definition) is 2. The summed E-state index contributed by atoms with van der Waals surface area (Å²) in [6.07, 6.45) is 2.02. The van der Waals surface area contributed by atoms with Gasteiger partial charge in [-0.3, -0.25) is 9.59 Å². The van der Waals surface area contributed by atoms with Crippen molar-refractivity contribution in [1.29, 1.82) is 0 Å². The van der Waals surface area contributed by atoms with E-state index in [4.69, 9.17) is 0 Å². The van der Waals surface area contributed by atoms with E-state index in [9.17, 15) is 14.7 Å². The SMILES string of the molecule is Cc1csc(CC(C)(C(=O)O)C(=O)NC2CC2)n1. The lowest BCUT2D eigenvalue weighted by Crippen LogP contribution is -2.46. The van der Waals surface area contributed by atoms with E-state index in [2.05, 4.69) is 10.3 Å². The van der Waals surface area contributed by atoms with Gasteiger partial charge in [-0.25, -0.2) is 4.98 Å². The maximum atomic E-state index is 12.1. The first-order valence-corrected chi connectivity index (χ1v) is 6.75. The zero-order valence-electron chi connectivity index (χ0n) is 10.4. The summed E-state index contributed by atoms with van der Waals surface area (Å²) in [4.78, 5) is 27.7. The van der Waals surface area contributed by atoms with Crippen molar-refractivity contribution in [3.05, 3.63) is 16.1 Å². The van der Waals surface area contributed by atoms with Crippen LogP contribution in [0.5, 0.6) is 0 Å². The van der Waals surface area contributed by atoms with Gasteiger partial charge in [0.05, 0.1) is 5.01 Å². The van der Waals surface area contributed by atoms with Crippen molar-refractivity contribution in [2.75, 3.05) is 0 Å². The molecule has 0 bridgehead atoms. The van der Waals surface area contributed by atoms with Crippen LogP contribution < -0.4 is 5.32 Å². The van der Waals surface area contributed by atoms with Crippen molar-refractivity contribution in [1.82, 2.24) is 10.3 Å². The van der Waals surface area contributed by atoms with Crippen LogP contribution in [0.1, 0.15) is 30.5 Å². The Labute approximate surface area is 109 Å². The number of hydrogen-bond acceptors (Lipinski definition) is 4. The molecule has 1 fully saturated rings. The van der Waals surface area contributed by atoms with E-state index in [-0.39, 0.29) is 12.5 Å². The number of thiazole rings is 1. The molecule has 1 atom stereocenters. The molecule has 1 aliphatic rings. The number of nitrogens with zero attached hydrogens (tertiary/aromatic N) is 1. The van der Waals surface area contributed by atoms with Gasteiger partial charge in [-0.05, 0) is 26.7 Å². The molecule has 0 aromatic carbocycles. The van der Waals surface area contributed by atoms with Crippen LogP contribution >= 0.6 is 11.3 Å². The van der Waals surface area contributed by atoms with Gasteiger partial charge in [0.25, 0.3) is 0 Å². The Hall–Kier alpha value is -1.43. The number of nitrogens with one attached hydrogen (secondary N) is 1.